The van der Waals surface area contributed by atoms with Gasteiger partial charge in [0.1, 0.15) is 18.3 Å². The Morgan fingerprint density at radius 2 is 0.816 bits per heavy atom. The van der Waals surface area contributed by atoms with Crippen LogP contribution in [0.25, 0.3) is 0 Å². The van der Waals surface area contributed by atoms with Crippen LogP contribution in [-0.4, -0.2) is 36.6 Å². The van der Waals surface area contributed by atoms with Crippen molar-refractivity contribution < 1.29 is 37.5 Å². The molecule has 0 aromatic heterocycles. The molecule has 5 rings (SSSR count). The molecule has 0 saturated heterocycles. The van der Waals surface area contributed by atoms with Crippen molar-refractivity contribution in [1.82, 2.24) is 0 Å². The summed E-state index contributed by atoms with van der Waals surface area (Å²) in [7, 11) is -4.16. The molecular weight excluding hydrogens is 639 g/mol. The quantitative estimate of drug-likeness (QED) is 0.0774. The van der Waals surface area contributed by atoms with Crippen molar-refractivity contribution in [2.24, 2.45) is 0 Å². The molecule has 5 aromatic carbocycles. The van der Waals surface area contributed by atoms with E-state index in [9.17, 15) is 9.67 Å². The summed E-state index contributed by atoms with van der Waals surface area (Å²) in [5.41, 5.74) is 4.41. The molecule has 0 fully saturated rings. The molecule has 0 aliphatic rings. The molecule has 256 valence electrons. The fourth-order valence-electron chi connectivity index (χ4n) is 4.95. The Kier molecular flexibility index (Phi) is 14.8. The maximum absolute atomic E-state index is 14.2. The summed E-state index contributed by atoms with van der Waals surface area (Å²) in [5, 5.41) is 11.5. The van der Waals surface area contributed by atoms with Gasteiger partial charge in [-0.05, 0) is 27.8 Å². The molecule has 0 bridgehead atoms. The van der Waals surface area contributed by atoms with E-state index in [1.54, 1.807) is 0 Å². The number of hydrogen-bond acceptors (Lipinski definition) is 8. The molecule has 0 saturated carbocycles. The minimum atomic E-state index is -4.16. The van der Waals surface area contributed by atoms with Gasteiger partial charge in [-0.25, -0.2) is 4.57 Å². The summed E-state index contributed by atoms with van der Waals surface area (Å²) >= 11 is 0. The Labute approximate surface area is 288 Å². The maximum atomic E-state index is 14.2. The molecule has 0 aliphatic carbocycles. The van der Waals surface area contributed by atoms with Gasteiger partial charge >= 0.3 is 7.82 Å². The van der Waals surface area contributed by atoms with Crippen molar-refractivity contribution in [3.63, 3.8) is 0 Å². The second-order valence-electron chi connectivity index (χ2n) is 11.4. The number of rotatable bonds is 21. The van der Waals surface area contributed by atoms with Gasteiger partial charge in [0.15, 0.2) is 0 Å². The van der Waals surface area contributed by atoms with Gasteiger partial charge in [0, 0.05) is 0 Å². The second-order valence-corrected chi connectivity index (χ2v) is 13.1. The third kappa shape index (κ3) is 12.8. The lowest BCUT2D eigenvalue weighted by Crippen LogP contribution is -2.45. The van der Waals surface area contributed by atoms with Gasteiger partial charge in [-0.15, -0.1) is 0 Å². The fourth-order valence-corrected chi connectivity index (χ4v) is 6.11. The molecule has 0 heterocycles. The van der Waals surface area contributed by atoms with Crippen LogP contribution in [0.15, 0.2) is 152 Å². The number of phosphoric acid groups is 1. The van der Waals surface area contributed by atoms with Crippen molar-refractivity contribution in [3.8, 4) is 0 Å². The van der Waals surface area contributed by atoms with E-state index in [4.69, 9.17) is 27.8 Å². The van der Waals surface area contributed by atoms with Gasteiger partial charge in [-0.2, -0.15) is 0 Å². The SMILES string of the molecule is O=P(OCc1ccccc1)(OCc1ccccc1)OC[C@@H](OCc1ccccc1)[C@@H](OCc1ccccc1)[C@H](O)COCc1ccccc1. The number of ether oxygens (including phenoxy) is 3. The molecule has 0 spiro atoms. The minimum absolute atomic E-state index is 0.00628. The van der Waals surface area contributed by atoms with E-state index in [1.165, 1.54) is 0 Å². The van der Waals surface area contributed by atoms with E-state index in [2.05, 4.69) is 0 Å². The molecule has 3 atom stereocenters. The first kappa shape index (κ1) is 36.3. The van der Waals surface area contributed by atoms with Crippen molar-refractivity contribution in [3.05, 3.63) is 179 Å². The molecule has 8 nitrogen and oxygen atoms in total. The van der Waals surface area contributed by atoms with Crippen molar-refractivity contribution in [1.29, 1.82) is 0 Å². The molecule has 1 N–H and O–H groups in total. The van der Waals surface area contributed by atoms with Crippen LogP contribution in [0.3, 0.4) is 0 Å². The van der Waals surface area contributed by atoms with Crippen molar-refractivity contribution >= 4 is 7.82 Å². The fraction of sp³-hybridized carbons (Fsp3) is 0.250. The topological polar surface area (TPSA) is 92.7 Å². The summed E-state index contributed by atoms with van der Waals surface area (Å²) in [6.45, 7) is 0.413. The number of hydrogen-bond donors (Lipinski definition) is 1. The highest BCUT2D eigenvalue weighted by Gasteiger charge is 2.35. The Bertz CT molecular complexity index is 1600. The van der Waals surface area contributed by atoms with Crippen LogP contribution in [0.5, 0.6) is 0 Å². The standard InChI is InChI=1S/C40H43O8P/c41-38(31-43-26-33-16-6-1-7-17-33)40(45-28-35-20-10-3-11-21-35)39(44-27-34-18-8-2-9-19-34)32-48-49(42,46-29-36-22-12-4-13-23-36)47-30-37-24-14-5-15-25-37/h1-25,38-41H,26-32H2/t38-,39-,40+/m1/s1. The van der Waals surface area contributed by atoms with Crippen molar-refractivity contribution in [2.75, 3.05) is 13.2 Å². The lowest BCUT2D eigenvalue weighted by atomic mass is 10.1. The van der Waals surface area contributed by atoms with Gasteiger partial charge < -0.3 is 19.3 Å². The number of phosphoric ester groups is 1. The first-order valence-corrected chi connectivity index (χ1v) is 17.7. The normalized spacial score (nSPS) is 13.5. The summed E-state index contributed by atoms with van der Waals surface area (Å²) in [6.07, 6.45) is -2.95. The largest absolute Gasteiger partial charge is 0.475 e. The number of aliphatic hydroxyl groups excluding tert-OH is 1. The van der Waals surface area contributed by atoms with E-state index >= 15 is 0 Å². The Morgan fingerprint density at radius 3 is 1.24 bits per heavy atom. The Morgan fingerprint density at radius 1 is 0.449 bits per heavy atom. The zero-order chi connectivity index (χ0) is 34.0. The monoisotopic (exact) mass is 682 g/mol. The molecule has 0 radical (unpaired) electrons. The molecule has 9 heteroatoms. The third-order valence-electron chi connectivity index (χ3n) is 7.60. The predicted molar refractivity (Wildman–Crippen MR) is 188 cm³/mol. The van der Waals surface area contributed by atoms with Gasteiger partial charge in [-0.1, -0.05) is 152 Å². The summed E-state index contributed by atoms with van der Waals surface area (Å²) in [6, 6.07) is 47.8. The van der Waals surface area contributed by atoms with Crippen LogP contribution in [-0.2, 0) is 65.4 Å². The average Bonchev–Trinajstić information content (AvgIpc) is 3.16. The molecule has 49 heavy (non-hydrogen) atoms. The molecule has 0 aliphatic heterocycles. The van der Waals surface area contributed by atoms with Gasteiger partial charge in [0.25, 0.3) is 0 Å². The first-order valence-electron chi connectivity index (χ1n) is 16.3. The van der Waals surface area contributed by atoms with Crippen LogP contribution in [0, 0.1) is 0 Å². The maximum Gasteiger partial charge on any atom is 0.475 e. The summed E-state index contributed by atoms with van der Waals surface area (Å²) in [5.74, 6) is 0. The lowest BCUT2D eigenvalue weighted by molar-refractivity contribution is -0.157. The first-order chi connectivity index (χ1) is 24.1. The molecule has 5 aromatic rings. The number of benzene rings is 5. The zero-order valence-corrected chi connectivity index (χ0v) is 28.3. The van der Waals surface area contributed by atoms with E-state index in [-0.39, 0.29) is 39.6 Å². The highest BCUT2D eigenvalue weighted by Crippen LogP contribution is 2.51. The molecular formula is C40H43O8P. The van der Waals surface area contributed by atoms with Crippen LogP contribution >= 0.6 is 7.82 Å². The predicted octanol–water partition coefficient (Wildman–Crippen LogP) is 8.29. The Balaban J connectivity index is 1.35. The van der Waals surface area contributed by atoms with Gasteiger partial charge in [0.05, 0.1) is 46.2 Å². The Hall–Kier alpha value is -3.95. The lowest BCUT2D eigenvalue weighted by Gasteiger charge is -2.32. The van der Waals surface area contributed by atoms with Crippen LogP contribution in [0.4, 0.5) is 0 Å². The van der Waals surface area contributed by atoms with Gasteiger partial charge in [-0.3, -0.25) is 13.6 Å². The van der Waals surface area contributed by atoms with E-state index in [0.717, 1.165) is 27.8 Å². The molecule has 0 unspecified atom stereocenters. The van der Waals surface area contributed by atoms with Crippen molar-refractivity contribution in [2.45, 2.75) is 51.3 Å². The van der Waals surface area contributed by atoms with Crippen LogP contribution in [0.1, 0.15) is 27.8 Å². The molecule has 0 amide bonds. The summed E-state index contributed by atoms with van der Waals surface area (Å²) < 4.78 is 50.6. The van der Waals surface area contributed by atoms with Crippen LogP contribution < -0.4 is 0 Å². The highest BCUT2D eigenvalue weighted by molar-refractivity contribution is 7.48. The second kappa shape index (κ2) is 19.9. The summed E-state index contributed by atoms with van der Waals surface area (Å²) in [4.78, 5) is 0. The van der Waals surface area contributed by atoms with E-state index < -0.39 is 26.1 Å². The third-order valence-corrected chi connectivity index (χ3v) is 8.96. The van der Waals surface area contributed by atoms with Crippen LogP contribution in [0.2, 0.25) is 0 Å². The number of aliphatic hydroxyl groups is 1. The minimum Gasteiger partial charge on any atom is -0.388 e. The average molecular weight is 683 g/mol. The highest BCUT2D eigenvalue weighted by atomic mass is 31.2. The van der Waals surface area contributed by atoms with E-state index in [0.29, 0.717) is 6.61 Å². The zero-order valence-electron chi connectivity index (χ0n) is 27.4. The van der Waals surface area contributed by atoms with Gasteiger partial charge in [0.2, 0.25) is 0 Å². The smallest absolute Gasteiger partial charge is 0.388 e. The van der Waals surface area contributed by atoms with E-state index in [1.807, 2.05) is 152 Å².